The van der Waals surface area contributed by atoms with Crippen molar-refractivity contribution in [1.82, 2.24) is 0 Å². The average molecular weight is 451 g/mol. The summed E-state index contributed by atoms with van der Waals surface area (Å²) in [5.41, 5.74) is 2.58. The van der Waals surface area contributed by atoms with Gasteiger partial charge < -0.3 is 14.8 Å². The van der Waals surface area contributed by atoms with E-state index in [9.17, 15) is 4.79 Å². The van der Waals surface area contributed by atoms with Gasteiger partial charge >= 0.3 is 0 Å². The summed E-state index contributed by atoms with van der Waals surface area (Å²) in [7, 11) is 1.57. The van der Waals surface area contributed by atoms with Crippen molar-refractivity contribution in [1.29, 1.82) is 0 Å². The number of anilines is 1. The Morgan fingerprint density at radius 3 is 2.45 bits per heavy atom. The lowest BCUT2D eigenvalue weighted by molar-refractivity contribution is 0.102. The van der Waals surface area contributed by atoms with Gasteiger partial charge in [0.25, 0.3) is 5.91 Å². The van der Waals surface area contributed by atoms with E-state index in [1.54, 1.807) is 55.6 Å². The van der Waals surface area contributed by atoms with Crippen molar-refractivity contribution < 1.29 is 14.3 Å². The van der Waals surface area contributed by atoms with E-state index in [-0.39, 0.29) is 12.5 Å². The highest BCUT2D eigenvalue weighted by Crippen LogP contribution is 2.28. The molecule has 0 spiro atoms. The molecule has 0 fully saturated rings. The molecule has 7 heteroatoms. The van der Waals surface area contributed by atoms with Crippen molar-refractivity contribution in [3.8, 4) is 11.5 Å². The zero-order valence-electron chi connectivity index (χ0n) is 15.8. The Bertz CT molecular complexity index is 1050. The number of amides is 1. The minimum absolute atomic E-state index is 0.229. The Morgan fingerprint density at radius 2 is 1.76 bits per heavy atom. The van der Waals surface area contributed by atoms with E-state index in [0.717, 1.165) is 11.1 Å². The van der Waals surface area contributed by atoms with Crippen LogP contribution in [0.4, 0.5) is 5.69 Å². The molecule has 1 N–H and O–H groups in total. The van der Waals surface area contributed by atoms with Crippen molar-refractivity contribution in [2.45, 2.75) is 13.5 Å². The van der Waals surface area contributed by atoms with Crippen LogP contribution in [0.15, 0.2) is 54.6 Å². The zero-order valence-corrected chi connectivity index (χ0v) is 18.0. The summed E-state index contributed by atoms with van der Waals surface area (Å²) in [6.45, 7) is 2.13. The molecule has 4 nitrogen and oxygen atoms in total. The number of methoxy groups -OCH3 is 1. The second-order valence-corrected chi connectivity index (χ2v) is 7.56. The lowest BCUT2D eigenvalue weighted by Gasteiger charge is -2.13. The molecule has 0 saturated heterocycles. The third kappa shape index (κ3) is 5.36. The van der Waals surface area contributed by atoms with E-state index in [2.05, 4.69) is 5.32 Å². The molecule has 29 heavy (non-hydrogen) atoms. The van der Waals surface area contributed by atoms with Gasteiger partial charge in [-0.1, -0.05) is 34.8 Å². The van der Waals surface area contributed by atoms with E-state index in [1.165, 1.54) is 0 Å². The second-order valence-electron chi connectivity index (χ2n) is 6.30. The van der Waals surface area contributed by atoms with Crippen molar-refractivity contribution >= 4 is 46.4 Å². The quantitative estimate of drug-likeness (QED) is 0.449. The van der Waals surface area contributed by atoms with Crippen molar-refractivity contribution in [3.05, 3.63) is 86.4 Å². The van der Waals surface area contributed by atoms with Gasteiger partial charge in [0, 0.05) is 21.2 Å². The lowest BCUT2D eigenvalue weighted by atomic mass is 10.1. The molecule has 0 radical (unpaired) electrons. The molecule has 3 aromatic carbocycles. The number of benzene rings is 3. The zero-order chi connectivity index (χ0) is 21.0. The standard InChI is InChI=1S/C22H18Cl3NO3/c1-13-9-17(5-6-18(13)24)29-12-15-10-14(3-8-21(15)28-2)22(27)26-20-7-4-16(23)11-19(20)25/h3-11H,12H2,1-2H3,(H,26,27). The largest absolute Gasteiger partial charge is 0.496 e. The molecule has 1 amide bonds. The molecule has 3 rings (SSSR count). The Balaban J connectivity index is 1.78. The van der Waals surface area contributed by atoms with Gasteiger partial charge in [0.15, 0.2) is 0 Å². The van der Waals surface area contributed by atoms with Crippen LogP contribution in [0.5, 0.6) is 11.5 Å². The number of hydrogen-bond donors (Lipinski definition) is 1. The summed E-state index contributed by atoms with van der Waals surface area (Å²) in [6, 6.07) is 15.4. The van der Waals surface area contributed by atoms with Crippen molar-refractivity contribution in [2.75, 3.05) is 12.4 Å². The Hall–Kier alpha value is -2.40. The maximum atomic E-state index is 12.7. The highest BCUT2D eigenvalue weighted by molar-refractivity contribution is 6.36. The van der Waals surface area contributed by atoms with Gasteiger partial charge in [-0.3, -0.25) is 4.79 Å². The van der Waals surface area contributed by atoms with Crippen LogP contribution in [-0.2, 0) is 6.61 Å². The number of aryl methyl sites for hydroxylation is 1. The minimum Gasteiger partial charge on any atom is -0.496 e. The summed E-state index contributed by atoms with van der Waals surface area (Å²) in [4.78, 5) is 12.7. The highest BCUT2D eigenvalue weighted by atomic mass is 35.5. The Morgan fingerprint density at radius 1 is 0.966 bits per heavy atom. The van der Waals surface area contributed by atoms with Crippen LogP contribution in [0, 0.1) is 6.92 Å². The third-order valence-corrected chi connectivity index (χ3v) is 5.22. The summed E-state index contributed by atoms with van der Waals surface area (Å²) in [5, 5.41) is 4.31. The van der Waals surface area contributed by atoms with Crippen LogP contribution in [-0.4, -0.2) is 13.0 Å². The van der Waals surface area contributed by atoms with Crippen LogP contribution in [0.25, 0.3) is 0 Å². The van der Waals surface area contributed by atoms with Gasteiger partial charge in [0.1, 0.15) is 18.1 Å². The molecule has 0 bridgehead atoms. The lowest BCUT2D eigenvalue weighted by Crippen LogP contribution is -2.13. The summed E-state index contributed by atoms with van der Waals surface area (Å²) >= 11 is 18.1. The summed E-state index contributed by atoms with van der Waals surface area (Å²) < 4.78 is 11.2. The maximum Gasteiger partial charge on any atom is 0.255 e. The first-order valence-electron chi connectivity index (χ1n) is 8.69. The fourth-order valence-corrected chi connectivity index (χ4v) is 3.26. The molecule has 0 aliphatic carbocycles. The summed E-state index contributed by atoms with van der Waals surface area (Å²) in [6.07, 6.45) is 0. The van der Waals surface area contributed by atoms with Crippen LogP contribution >= 0.6 is 34.8 Å². The Labute approximate surface area is 184 Å². The fraction of sp³-hybridized carbons (Fsp3) is 0.136. The molecular weight excluding hydrogens is 433 g/mol. The molecule has 0 atom stereocenters. The molecule has 0 aromatic heterocycles. The molecule has 0 aliphatic rings. The molecule has 0 saturated carbocycles. The SMILES string of the molecule is COc1ccc(C(=O)Nc2ccc(Cl)cc2Cl)cc1COc1ccc(Cl)c(C)c1. The molecule has 0 aliphatic heterocycles. The molecular formula is C22H18Cl3NO3. The first kappa shape index (κ1) is 21.3. The van der Waals surface area contributed by atoms with Gasteiger partial charge in [-0.05, 0) is 67.1 Å². The van der Waals surface area contributed by atoms with Gasteiger partial charge in [0.2, 0.25) is 0 Å². The van der Waals surface area contributed by atoms with E-state index in [4.69, 9.17) is 44.3 Å². The van der Waals surface area contributed by atoms with E-state index in [0.29, 0.717) is 37.8 Å². The number of rotatable bonds is 6. The van der Waals surface area contributed by atoms with Crippen LogP contribution in [0.2, 0.25) is 15.1 Å². The predicted molar refractivity (Wildman–Crippen MR) is 118 cm³/mol. The van der Waals surface area contributed by atoms with Gasteiger partial charge in [-0.15, -0.1) is 0 Å². The van der Waals surface area contributed by atoms with Crippen molar-refractivity contribution in [3.63, 3.8) is 0 Å². The molecule has 3 aromatic rings. The number of carbonyl (C=O) groups is 1. The van der Waals surface area contributed by atoms with E-state index in [1.807, 2.05) is 13.0 Å². The number of halogens is 3. The number of hydrogen-bond acceptors (Lipinski definition) is 3. The van der Waals surface area contributed by atoms with Crippen LogP contribution in [0.3, 0.4) is 0 Å². The van der Waals surface area contributed by atoms with Gasteiger partial charge in [-0.2, -0.15) is 0 Å². The van der Waals surface area contributed by atoms with Crippen LogP contribution < -0.4 is 14.8 Å². The third-order valence-electron chi connectivity index (χ3n) is 4.25. The molecule has 0 unspecified atom stereocenters. The number of ether oxygens (including phenoxy) is 2. The second kappa shape index (κ2) is 9.40. The smallest absolute Gasteiger partial charge is 0.255 e. The van der Waals surface area contributed by atoms with Crippen molar-refractivity contribution in [2.24, 2.45) is 0 Å². The number of carbonyl (C=O) groups excluding carboxylic acids is 1. The van der Waals surface area contributed by atoms with Crippen LogP contribution in [0.1, 0.15) is 21.5 Å². The first-order valence-corrected chi connectivity index (χ1v) is 9.83. The summed E-state index contributed by atoms with van der Waals surface area (Å²) in [5.74, 6) is 0.994. The predicted octanol–water partition coefficient (Wildman–Crippen LogP) is 6.80. The van der Waals surface area contributed by atoms with Gasteiger partial charge in [-0.25, -0.2) is 0 Å². The fourth-order valence-electron chi connectivity index (χ4n) is 2.69. The monoisotopic (exact) mass is 449 g/mol. The van der Waals surface area contributed by atoms with Gasteiger partial charge in [0.05, 0.1) is 17.8 Å². The topological polar surface area (TPSA) is 47.6 Å². The Kier molecular flexibility index (Phi) is 6.91. The van der Waals surface area contributed by atoms with E-state index < -0.39 is 0 Å². The normalized spacial score (nSPS) is 10.5. The molecule has 150 valence electrons. The first-order chi connectivity index (χ1) is 13.9. The number of nitrogens with one attached hydrogen (secondary N) is 1. The molecule has 0 heterocycles. The highest BCUT2D eigenvalue weighted by Gasteiger charge is 2.13. The average Bonchev–Trinajstić information content (AvgIpc) is 2.70. The maximum absolute atomic E-state index is 12.7. The minimum atomic E-state index is -0.305. The van der Waals surface area contributed by atoms with E-state index >= 15 is 0 Å².